The Kier molecular flexibility index (Phi) is 9.34. The smallest absolute Gasteiger partial charge is 0.344 e. The van der Waals surface area contributed by atoms with Gasteiger partial charge in [0.1, 0.15) is 11.6 Å². The number of esters is 1. The van der Waals surface area contributed by atoms with E-state index in [4.69, 9.17) is 14.2 Å². The molecule has 0 aliphatic heterocycles. The van der Waals surface area contributed by atoms with Crippen molar-refractivity contribution >= 4 is 46.2 Å². The maximum absolute atomic E-state index is 12.5. The Morgan fingerprint density at radius 3 is 2.58 bits per heavy atom. The van der Waals surface area contributed by atoms with Gasteiger partial charge in [-0.1, -0.05) is 12.1 Å². The lowest BCUT2D eigenvalue weighted by Gasteiger charge is -2.14. The molecule has 0 radical (unpaired) electrons. The lowest BCUT2D eigenvalue weighted by Crippen LogP contribution is -2.15. The predicted molar refractivity (Wildman–Crippen MR) is 126 cm³/mol. The van der Waals surface area contributed by atoms with Crippen molar-refractivity contribution in [2.45, 2.75) is 20.8 Å². The molecule has 0 spiro atoms. The topological polar surface area (TPSA) is 97.7 Å². The van der Waals surface area contributed by atoms with Gasteiger partial charge in [-0.05, 0) is 84.8 Å². The van der Waals surface area contributed by atoms with Crippen molar-refractivity contribution in [2.75, 3.05) is 25.1 Å². The summed E-state index contributed by atoms with van der Waals surface area (Å²) in [6, 6.07) is 12.6. The van der Waals surface area contributed by atoms with Gasteiger partial charge >= 0.3 is 5.97 Å². The van der Waals surface area contributed by atoms with Gasteiger partial charge in [-0.2, -0.15) is 5.26 Å². The van der Waals surface area contributed by atoms with E-state index in [1.54, 1.807) is 25.1 Å². The molecular weight excluding hydrogens is 511 g/mol. The average molecular weight is 534 g/mol. The van der Waals surface area contributed by atoms with Gasteiger partial charge in [0.05, 0.1) is 16.8 Å². The molecular formula is C23H23IN2O5. The number of hydrogen-bond donors (Lipinski definition) is 1. The zero-order valence-corrected chi connectivity index (χ0v) is 19.7. The molecule has 0 aliphatic rings. The molecule has 1 amide bonds. The van der Waals surface area contributed by atoms with E-state index in [-0.39, 0.29) is 18.8 Å². The van der Waals surface area contributed by atoms with Crippen LogP contribution in [0.5, 0.6) is 11.5 Å². The molecule has 0 aromatic heterocycles. The fourth-order valence-electron chi connectivity index (χ4n) is 2.64. The Bertz CT molecular complexity index is 1030. The maximum Gasteiger partial charge on any atom is 0.344 e. The van der Waals surface area contributed by atoms with E-state index >= 15 is 0 Å². The molecule has 0 heterocycles. The second kappa shape index (κ2) is 12.0. The SMILES string of the molecule is CCOC(=O)COc1c(I)cc(/C=C(\C#N)C(=O)Nc2cccc(C)c2)cc1OCC. The van der Waals surface area contributed by atoms with Crippen LogP contribution in [0.25, 0.3) is 6.08 Å². The van der Waals surface area contributed by atoms with Crippen LogP contribution in [-0.2, 0) is 14.3 Å². The molecule has 31 heavy (non-hydrogen) atoms. The van der Waals surface area contributed by atoms with Crippen LogP contribution in [0.4, 0.5) is 5.69 Å². The Hall–Kier alpha value is -3.06. The summed E-state index contributed by atoms with van der Waals surface area (Å²) in [5, 5.41) is 12.2. The van der Waals surface area contributed by atoms with Crippen LogP contribution in [0.3, 0.4) is 0 Å². The third-order valence-electron chi connectivity index (χ3n) is 3.92. The number of anilines is 1. The number of nitriles is 1. The fraction of sp³-hybridized carbons (Fsp3) is 0.261. The van der Waals surface area contributed by atoms with Gasteiger partial charge in [-0.25, -0.2) is 4.79 Å². The molecule has 0 atom stereocenters. The van der Waals surface area contributed by atoms with Crippen LogP contribution in [0.15, 0.2) is 42.0 Å². The van der Waals surface area contributed by atoms with Crippen molar-refractivity contribution in [3.63, 3.8) is 0 Å². The Morgan fingerprint density at radius 1 is 1.16 bits per heavy atom. The van der Waals surface area contributed by atoms with Gasteiger partial charge in [-0.3, -0.25) is 4.79 Å². The lowest BCUT2D eigenvalue weighted by atomic mass is 10.1. The van der Waals surface area contributed by atoms with E-state index in [1.165, 1.54) is 6.08 Å². The monoisotopic (exact) mass is 534 g/mol. The predicted octanol–water partition coefficient (Wildman–Crippen LogP) is 4.49. The Morgan fingerprint density at radius 2 is 1.94 bits per heavy atom. The van der Waals surface area contributed by atoms with Crippen molar-refractivity contribution in [3.05, 3.63) is 56.7 Å². The van der Waals surface area contributed by atoms with Crippen molar-refractivity contribution in [2.24, 2.45) is 0 Å². The van der Waals surface area contributed by atoms with Gasteiger partial charge < -0.3 is 19.5 Å². The molecule has 8 heteroatoms. The van der Waals surface area contributed by atoms with Gasteiger partial charge in [0.15, 0.2) is 18.1 Å². The quantitative estimate of drug-likeness (QED) is 0.221. The minimum Gasteiger partial charge on any atom is -0.490 e. The third-order valence-corrected chi connectivity index (χ3v) is 4.72. The maximum atomic E-state index is 12.5. The summed E-state index contributed by atoms with van der Waals surface area (Å²) in [6.07, 6.45) is 1.48. The summed E-state index contributed by atoms with van der Waals surface area (Å²) >= 11 is 2.05. The zero-order valence-electron chi connectivity index (χ0n) is 17.5. The molecule has 0 saturated heterocycles. The number of benzene rings is 2. The highest BCUT2D eigenvalue weighted by Crippen LogP contribution is 2.35. The molecule has 2 aromatic rings. The number of aryl methyl sites for hydroxylation is 1. The van der Waals surface area contributed by atoms with Crippen LogP contribution < -0.4 is 14.8 Å². The van der Waals surface area contributed by atoms with Gasteiger partial charge in [0.2, 0.25) is 0 Å². The standard InChI is InChI=1S/C23H23IN2O5/c1-4-29-20-12-16(11-19(24)22(20)31-14-21(27)30-5-2)10-17(13-25)23(28)26-18-8-6-7-15(3)9-18/h6-12H,4-5,14H2,1-3H3,(H,26,28)/b17-10+. The van der Waals surface area contributed by atoms with Crippen LogP contribution >= 0.6 is 22.6 Å². The Balaban J connectivity index is 2.28. The number of rotatable bonds is 9. The summed E-state index contributed by atoms with van der Waals surface area (Å²) in [6.45, 7) is 5.85. The lowest BCUT2D eigenvalue weighted by molar-refractivity contribution is -0.145. The highest BCUT2D eigenvalue weighted by Gasteiger charge is 2.16. The molecule has 0 bridgehead atoms. The normalized spacial score (nSPS) is 10.7. The van der Waals surface area contributed by atoms with Crippen LogP contribution in [0, 0.1) is 21.8 Å². The minimum absolute atomic E-state index is 0.0556. The van der Waals surface area contributed by atoms with Crippen molar-refractivity contribution in [1.29, 1.82) is 5.26 Å². The third kappa shape index (κ3) is 7.29. The van der Waals surface area contributed by atoms with Crippen LogP contribution in [0.1, 0.15) is 25.0 Å². The summed E-state index contributed by atoms with van der Waals surface area (Å²) < 4.78 is 16.8. The number of nitrogens with zero attached hydrogens (tertiary/aromatic N) is 1. The first-order chi connectivity index (χ1) is 14.9. The van der Waals surface area contributed by atoms with Gasteiger partial charge in [-0.15, -0.1) is 0 Å². The van der Waals surface area contributed by atoms with E-state index in [2.05, 4.69) is 5.32 Å². The number of carbonyl (C=O) groups excluding carboxylic acids is 2. The molecule has 2 rings (SSSR count). The number of ether oxygens (including phenoxy) is 3. The molecule has 162 valence electrons. The second-order valence-electron chi connectivity index (χ2n) is 6.35. The first-order valence-electron chi connectivity index (χ1n) is 9.62. The number of carbonyl (C=O) groups is 2. The number of hydrogen-bond acceptors (Lipinski definition) is 6. The number of amides is 1. The minimum atomic E-state index is -0.510. The molecule has 0 fully saturated rings. The van der Waals surface area contributed by atoms with Crippen LogP contribution in [0.2, 0.25) is 0 Å². The molecule has 0 aliphatic carbocycles. The van der Waals surface area contributed by atoms with E-state index in [9.17, 15) is 14.9 Å². The van der Waals surface area contributed by atoms with E-state index < -0.39 is 11.9 Å². The highest BCUT2D eigenvalue weighted by atomic mass is 127. The molecule has 1 N–H and O–H groups in total. The summed E-state index contributed by atoms with van der Waals surface area (Å²) in [5.74, 6) is -0.190. The first-order valence-corrected chi connectivity index (χ1v) is 10.7. The van der Waals surface area contributed by atoms with E-state index in [0.717, 1.165) is 5.56 Å². The Labute approximate surface area is 195 Å². The largest absolute Gasteiger partial charge is 0.490 e. The van der Waals surface area contributed by atoms with Crippen LogP contribution in [-0.4, -0.2) is 31.7 Å². The van der Waals surface area contributed by atoms with Crippen molar-refractivity contribution < 1.29 is 23.8 Å². The van der Waals surface area contributed by atoms with Crippen molar-refractivity contribution in [3.8, 4) is 17.6 Å². The van der Waals surface area contributed by atoms with Gasteiger partial charge in [0.25, 0.3) is 5.91 Å². The van der Waals surface area contributed by atoms with Crippen molar-refractivity contribution in [1.82, 2.24) is 0 Å². The summed E-state index contributed by atoms with van der Waals surface area (Å²) in [7, 11) is 0. The molecule has 7 nitrogen and oxygen atoms in total. The highest BCUT2D eigenvalue weighted by molar-refractivity contribution is 14.1. The van der Waals surface area contributed by atoms with E-state index in [1.807, 2.05) is 60.7 Å². The summed E-state index contributed by atoms with van der Waals surface area (Å²) in [5.41, 5.74) is 2.14. The molecule has 0 saturated carbocycles. The molecule has 2 aromatic carbocycles. The number of nitrogens with one attached hydrogen (secondary N) is 1. The average Bonchev–Trinajstić information content (AvgIpc) is 2.71. The fourth-order valence-corrected chi connectivity index (χ4v) is 3.43. The number of halogens is 1. The van der Waals surface area contributed by atoms with Gasteiger partial charge in [0, 0.05) is 5.69 Å². The summed E-state index contributed by atoms with van der Waals surface area (Å²) in [4.78, 5) is 24.2. The molecule has 0 unspecified atom stereocenters. The second-order valence-corrected chi connectivity index (χ2v) is 7.51. The zero-order chi connectivity index (χ0) is 22.8. The first kappa shape index (κ1) is 24.2. The van der Waals surface area contributed by atoms with E-state index in [0.29, 0.717) is 32.9 Å².